The Labute approximate surface area is 50.5 Å². The minimum absolute atomic E-state index is 0.700. The number of allylic oxidation sites excluding steroid dienone is 2. The fourth-order valence-corrected chi connectivity index (χ4v) is 0.245. The molecule has 0 aromatic rings. The van der Waals surface area contributed by atoms with Gasteiger partial charge in [-0.25, -0.2) is 0 Å². The van der Waals surface area contributed by atoms with Crippen molar-refractivity contribution < 1.29 is 4.84 Å². The Hall–Kier alpha value is -0.500. The summed E-state index contributed by atoms with van der Waals surface area (Å²) in [6.07, 6.45) is 1.95. The van der Waals surface area contributed by atoms with Gasteiger partial charge in [-0.05, 0) is 20.8 Å². The third-order valence-electron chi connectivity index (χ3n) is 0.811. The third-order valence-corrected chi connectivity index (χ3v) is 0.811. The highest BCUT2D eigenvalue weighted by molar-refractivity contribution is 4.88. The Morgan fingerprint density at radius 1 is 1.75 bits per heavy atom. The number of rotatable bonds is 3. The van der Waals surface area contributed by atoms with E-state index >= 15 is 0 Å². The quantitative estimate of drug-likeness (QED) is 0.562. The second kappa shape index (κ2) is 4.65. The number of hydroxylamine groups is 1. The van der Waals surface area contributed by atoms with E-state index in [9.17, 15) is 0 Å². The summed E-state index contributed by atoms with van der Waals surface area (Å²) in [7, 11) is 0. The maximum atomic E-state index is 4.87. The summed E-state index contributed by atoms with van der Waals surface area (Å²) in [4.78, 5) is 4.87. The van der Waals surface area contributed by atoms with Gasteiger partial charge in [-0.1, -0.05) is 6.08 Å². The first-order chi connectivity index (χ1) is 3.81. The van der Waals surface area contributed by atoms with E-state index < -0.39 is 0 Å². The minimum Gasteiger partial charge on any atom is -0.277 e. The molecule has 48 valence electrons. The SMILES string of the molecule is CC=C(C)NOCC. The van der Waals surface area contributed by atoms with Crippen molar-refractivity contribution in [1.82, 2.24) is 5.48 Å². The van der Waals surface area contributed by atoms with Gasteiger partial charge < -0.3 is 0 Å². The summed E-state index contributed by atoms with van der Waals surface area (Å²) in [6.45, 7) is 6.55. The van der Waals surface area contributed by atoms with Crippen LogP contribution in [0.1, 0.15) is 20.8 Å². The maximum absolute atomic E-state index is 4.87. The Morgan fingerprint density at radius 2 is 2.38 bits per heavy atom. The van der Waals surface area contributed by atoms with Crippen LogP contribution in [0.5, 0.6) is 0 Å². The average Bonchev–Trinajstić information content (AvgIpc) is 1.83. The molecule has 0 saturated heterocycles. The highest BCUT2D eigenvalue weighted by Crippen LogP contribution is 1.82. The molecule has 0 spiro atoms. The van der Waals surface area contributed by atoms with Crippen molar-refractivity contribution in [1.29, 1.82) is 0 Å². The normalized spacial score (nSPS) is 11.6. The van der Waals surface area contributed by atoms with Crippen LogP contribution in [0.2, 0.25) is 0 Å². The van der Waals surface area contributed by atoms with E-state index in [4.69, 9.17) is 4.84 Å². The smallest absolute Gasteiger partial charge is 0.0717 e. The lowest BCUT2D eigenvalue weighted by Crippen LogP contribution is -2.10. The van der Waals surface area contributed by atoms with Gasteiger partial charge in [0.2, 0.25) is 0 Å². The van der Waals surface area contributed by atoms with Gasteiger partial charge in [0.25, 0.3) is 0 Å². The van der Waals surface area contributed by atoms with Crippen LogP contribution >= 0.6 is 0 Å². The van der Waals surface area contributed by atoms with E-state index in [0.29, 0.717) is 6.61 Å². The lowest BCUT2D eigenvalue weighted by Gasteiger charge is -2.01. The molecule has 2 heteroatoms. The molecule has 0 heterocycles. The molecular formula is C6H13NO. The zero-order valence-corrected chi connectivity index (χ0v) is 5.69. The zero-order chi connectivity index (χ0) is 6.41. The van der Waals surface area contributed by atoms with Crippen molar-refractivity contribution in [2.24, 2.45) is 0 Å². The van der Waals surface area contributed by atoms with Gasteiger partial charge in [-0.15, -0.1) is 0 Å². The summed E-state index contributed by atoms with van der Waals surface area (Å²) in [5.41, 5.74) is 3.79. The van der Waals surface area contributed by atoms with Gasteiger partial charge in [-0.3, -0.25) is 10.3 Å². The summed E-state index contributed by atoms with van der Waals surface area (Å²) in [5.74, 6) is 0. The second-order valence-electron chi connectivity index (χ2n) is 1.51. The Morgan fingerprint density at radius 3 is 2.75 bits per heavy atom. The van der Waals surface area contributed by atoms with Crippen molar-refractivity contribution in [3.8, 4) is 0 Å². The second-order valence-corrected chi connectivity index (χ2v) is 1.51. The minimum atomic E-state index is 0.700. The van der Waals surface area contributed by atoms with Gasteiger partial charge in [0, 0.05) is 5.70 Å². The Kier molecular flexibility index (Phi) is 4.36. The Balaban J connectivity index is 3.12. The molecular weight excluding hydrogens is 102 g/mol. The van der Waals surface area contributed by atoms with E-state index in [-0.39, 0.29) is 0 Å². The van der Waals surface area contributed by atoms with Gasteiger partial charge >= 0.3 is 0 Å². The average molecular weight is 115 g/mol. The first-order valence-corrected chi connectivity index (χ1v) is 2.82. The van der Waals surface area contributed by atoms with Crippen molar-refractivity contribution in [2.75, 3.05) is 6.61 Å². The van der Waals surface area contributed by atoms with Gasteiger partial charge in [-0.2, -0.15) is 0 Å². The lowest BCUT2D eigenvalue weighted by atomic mass is 10.5. The molecule has 0 fully saturated rings. The van der Waals surface area contributed by atoms with Crippen molar-refractivity contribution in [3.63, 3.8) is 0 Å². The zero-order valence-electron chi connectivity index (χ0n) is 5.69. The number of hydrogen-bond acceptors (Lipinski definition) is 2. The molecule has 0 rings (SSSR count). The van der Waals surface area contributed by atoms with Gasteiger partial charge in [0.05, 0.1) is 6.61 Å². The number of hydrogen-bond donors (Lipinski definition) is 1. The molecule has 0 radical (unpaired) electrons. The summed E-state index contributed by atoms with van der Waals surface area (Å²) in [6, 6.07) is 0. The molecule has 0 aliphatic carbocycles. The lowest BCUT2D eigenvalue weighted by molar-refractivity contribution is 0.0736. The van der Waals surface area contributed by atoms with Gasteiger partial charge in [0.15, 0.2) is 0 Å². The van der Waals surface area contributed by atoms with Crippen molar-refractivity contribution >= 4 is 0 Å². The highest BCUT2D eigenvalue weighted by Gasteiger charge is 1.79. The van der Waals surface area contributed by atoms with E-state index in [1.807, 2.05) is 26.8 Å². The van der Waals surface area contributed by atoms with Crippen LogP contribution in [-0.2, 0) is 4.84 Å². The van der Waals surface area contributed by atoms with Crippen LogP contribution in [-0.4, -0.2) is 6.61 Å². The molecule has 0 aliphatic rings. The van der Waals surface area contributed by atoms with Crippen molar-refractivity contribution in [3.05, 3.63) is 11.8 Å². The number of nitrogens with one attached hydrogen (secondary N) is 1. The first-order valence-electron chi connectivity index (χ1n) is 2.82. The molecule has 8 heavy (non-hydrogen) atoms. The van der Waals surface area contributed by atoms with E-state index in [2.05, 4.69) is 5.48 Å². The van der Waals surface area contributed by atoms with E-state index in [0.717, 1.165) is 5.70 Å². The van der Waals surface area contributed by atoms with Crippen LogP contribution in [0.3, 0.4) is 0 Å². The van der Waals surface area contributed by atoms with E-state index in [1.54, 1.807) is 0 Å². The standard InChI is InChI=1S/C6H13NO/c1-4-6(3)7-8-5-2/h4,7H,5H2,1-3H3. The monoisotopic (exact) mass is 115 g/mol. The molecule has 0 unspecified atom stereocenters. The molecule has 0 saturated carbocycles. The maximum Gasteiger partial charge on any atom is 0.0717 e. The molecule has 0 amide bonds. The van der Waals surface area contributed by atoms with Crippen LogP contribution in [0.25, 0.3) is 0 Å². The molecule has 0 bridgehead atoms. The van der Waals surface area contributed by atoms with Crippen LogP contribution < -0.4 is 5.48 Å². The predicted molar refractivity (Wildman–Crippen MR) is 34.2 cm³/mol. The first kappa shape index (κ1) is 7.50. The third kappa shape index (κ3) is 3.68. The van der Waals surface area contributed by atoms with Crippen molar-refractivity contribution in [2.45, 2.75) is 20.8 Å². The molecule has 0 aromatic heterocycles. The summed E-state index contributed by atoms with van der Waals surface area (Å²) >= 11 is 0. The molecule has 0 aromatic carbocycles. The topological polar surface area (TPSA) is 21.3 Å². The molecule has 0 atom stereocenters. The largest absolute Gasteiger partial charge is 0.277 e. The molecule has 0 aliphatic heterocycles. The summed E-state index contributed by atoms with van der Waals surface area (Å²) < 4.78 is 0. The fraction of sp³-hybridized carbons (Fsp3) is 0.667. The Bertz CT molecular complexity index is 78.6. The summed E-state index contributed by atoms with van der Waals surface area (Å²) in [5, 5.41) is 0. The molecule has 1 N–H and O–H groups in total. The molecule has 2 nitrogen and oxygen atoms in total. The fourth-order valence-electron chi connectivity index (χ4n) is 0.245. The predicted octanol–water partition coefficient (Wildman–Crippen LogP) is 1.45. The van der Waals surface area contributed by atoms with Gasteiger partial charge in [0.1, 0.15) is 0 Å². The van der Waals surface area contributed by atoms with Crippen LogP contribution in [0.15, 0.2) is 11.8 Å². The van der Waals surface area contributed by atoms with Crippen LogP contribution in [0, 0.1) is 0 Å². The highest BCUT2D eigenvalue weighted by atomic mass is 16.6. The van der Waals surface area contributed by atoms with E-state index in [1.165, 1.54) is 0 Å². The van der Waals surface area contributed by atoms with Crippen LogP contribution in [0.4, 0.5) is 0 Å².